The largest absolute Gasteiger partial charge is 0.455 e. The van der Waals surface area contributed by atoms with Gasteiger partial charge in [0.05, 0.1) is 6.61 Å². The first-order valence-electron chi connectivity index (χ1n) is 8.37. The number of rotatable bonds is 13. The summed E-state index contributed by atoms with van der Waals surface area (Å²) in [6.07, 6.45) is 1.18. The van der Waals surface area contributed by atoms with Gasteiger partial charge < -0.3 is 23.7 Å². The second-order valence-electron chi connectivity index (χ2n) is 4.92. The fourth-order valence-electron chi connectivity index (χ4n) is 2.09. The first-order chi connectivity index (χ1) is 11.1. The lowest BCUT2D eigenvalue weighted by atomic mass is 10.3. The maximum atomic E-state index is 6.07. The van der Waals surface area contributed by atoms with Gasteiger partial charge in [-0.3, -0.25) is 0 Å². The highest BCUT2D eigenvalue weighted by Crippen LogP contribution is 2.30. The van der Waals surface area contributed by atoms with Gasteiger partial charge in [-0.05, 0) is 45.6 Å². The number of ether oxygens (including phenoxy) is 5. The third-order valence-electron chi connectivity index (χ3n) is 3.14. The summed E-state index contributed by atoms with van der Waals surface area (Å²) < 4.78 is 29.4. The second kappa shape index (κ2) is 11.0. The van der Waals surface area contributed by atoms with Crippen molar-refractivity contribution >= 4 is 11.3 Å². The second-order valence-corrected chi connectivity index (χ2v) is 6.04. The van der Waals surface area contributed by atoms with Crippen LogP contribution in [0.25, 0.3) is 0 Å². The zero-order valence-corrected chi connectivity index (χ0v) is 15.7. The lowest BCUT2D eigenvalue weighted by Crippen LogP contribution is -2.54. The van der Waals surface area contributed by atoms with Crippen LogP contribution in [0.2, 0.25) is 0 Å². The normalized spacial score (nSPS) is 13.3. The van der Waals surface area contributed by atoms with Crippen molar-refractivity contribution in [3.8, 4) is 5.75 Å². The summed E-state index contributed by atoms with van der Waals surface area (Å²) in [4.78, 5) is 1.08. The summed E-state index contributed by atoms with van der Waals surface area (Å²) in [5, 5.41) is 1.98. The molecule has 1 unspecified atom stereocenters. The first-order valence-corrected chi connectivity index (χ1v) is 9.25. The van der Waals surface area contributed by atoms with Crippen molar-refractivity contribution in [3.05, 3.63) is 16.3 Å². The molecule has 0 amide bonds. The Labute approximate surface area is 143 Å². The molecule has 1 rings (SSSR count). The highest BCUT2D eigenvalue weighted by atomic mass is 32.1. The van der Waals surface area contributed by atoms with Gasteiger partial charge in [-0.25, -0.2) is 0 Å². The Morgan fingerprint density at radius 1 is 1.04 bits per heavy atom. The van der Waals surface area contributed by atoms with Crippen molar-refractivity contribution in [2.75, 3.05) is 26.4 Å². The van der Waals surface area contributed by atoms with E-state index in [0.29, 0.717) is 26.4 Å². The highest BCUT2D eigenvalue weighted by Gasteiger charge is 2.46. The molecule has 0 saturated carbocycles. The molecule has 0 radical (unpaired) electrons. The van der Waals surface area contributed by atoms with E-state index in [9.17, 15) is 0 Å². The van der Waals surface area contributed by atoms with Gasteiger partial charge in [-0.1, -0.05) is 13.3 Å². The molecule has 1 aromatic heterocycles. The average molecular weight is 346 g/mol. The van der Waals surface area contributed by atoms with Crippen LogP contribution in [0, 0.1) is 6.92 Å². The predicted molar refractivity (Wildman–Crippen MR) is 91.9 cm³/mol. The molecule has 0 bridgehead atoms. The van der Waals surface area contributed by atoms with E-state index in [1.54, 1.807) is 11.3 Å². The van der Waals surface area contributed by atoms with Crippen LogP contribution in [-0.2, 0) is 18.9 Å². The molecule has 0 aliphatic rings. The van der Waals surface area contributed by atoms with E-state index in [1.165, 1.54) is 0 Å². The lowest BCUT2D eigenvalue weighted by molar-refractivity contribution is -0.442. The zero-order valence-electron chi connectivity index (χ0n) is 14.9. The molecule has 0 aromatic carbocycles. The van der Waals surface area contributed by atoms with Crippen LogP contribution in [0.5, 0.6) is 5.75 Å². The Bertz CT molecular complexity index is 404. The van der Waals surface area contributed by atoms with Crippen molar-refractivity contribution in [2.24, 2.45) is 0 Å². The Kier molecular flexibility index (Phi) is 9.74. The fraction of sp³-hybridized carbons (Fsp3) is 0.765. The molecule has 0 saturated heterocycles. The summed E-state index contributed by atoms with van der Waals surface area (Å²) in [5.41, 5.74) is 0. The molecule has 23 heavy (non-hydrogen) atoms. The van der Waals surface area contributed by atoms with Crippen molar-refractivity contribution in [1.82, 2.24) is 0 Å². The molecule has 134 valence electrons. The highest BCUT2D eigenvalue weighted by molar-refractivity contribution is 7.10. The van der Waals surface area contributed by atoms with E-state index in [2.05, 4.69) is 6.92 Å². The van der Waals surface area contributed by atoms with Gasteiger partial charge in [-0.15, -0.1) is 11.3 Å². The molecule has 6 heteroatoms. The Morgan fingerprint density at radius 2 is 1.65 bits per heavy atom. The maximum Gasteiger partial charge on any atom is 0.349 e. The summed E-state index contributed by atoms with van der Waals surface area (Å²) in [6.45, 7) is 11.7. The molecule has 5 nitrogen and oxygen atoms in total. The Hall–Kier alpha value is -0.660. The van der Waals surface area contributed by atoms with Crippen LogP contribution in [0.1, 0.15) is 45.4 Å². The Morgan fingerprint density at radius 3 is 2.09 bits per heavy atom. The van der Waals surface area contributed by atoms with Crippen molar-refractivity contribution in [2.45, 2.75) is 59.7 Å². The molecule has 0 fully saturated rings. The van der Waals surface area contributed by atoms with E-state index >= 15 is 0 Å². The number of aryl methyl sites for hydroxylation is 1. The van der Waals surface area contributed by atoms with Crippen LogP contribution in [-0.4, -0.2) is 38.7 Å². The number of thiophene rings is 1. The average Bonchev–Trinajstić information content (AvgIpc) is 2.92. The SMILES string of the molecule is CCCCOC(Oc1ccsc1C)C(OCC)(OCC)OCC. The molecule has 0 N–H and O–H groups in total. The molecular formula is C17H30O5S. The molecular weight excluding hydrogens is 316 g/mol. The molecule has 0 spiro atoms. The van der Waals surface area contributed by atoms with Gasteiger partial charge in [0, 0.05) is 24.7 Å². The van der Waals surface area contributed by atoms with Crippen LogP contribution in [0.3, 0.4) is 0 Å². The smallest absolute Gasteiger partial charge is 0.349 e. The van der Waals surface area contributed by atoms with Gasteiger partial charge in [-0.2, -0.15) is 0 Å². The maximum absolute atomic E-state index is 6.07. The predicted octanol–water partition coefficient (Wildman–Crippen LogP) is 4.34. The van der Waals surface area contributed by atoms with Gasteiger partial charge in [0.1, 0.15) is 5.75 Å². The minimum absolute atomic E-state index is 0.430. The van der Waals surface area contributed by atoms with E-state index < -0.39 is 12.3 Å². The van der Waals surface area contributed by atoms with Crippen LogP contribution in [0.15, 0.2) is 11.4 Å². The van der Waals surface area contributed by atoms with Crippen LogP contribution in [0.4, 0.5) is 0 Å². The summed E-state index contributed by atoms with van der Waals surface area (Å²) in [7, 11) is 0. The summed E-state index contributed by atoms with van der Waals surface area (Å²) in [6, 6.07) is 1.92. The van der Waals surface area contributed by atoms with Gasteiger partial charge >= 0.3 is 5.97 Å². The lowest BCUT2D eigenvalue weighted by Gasteiger charge is -2.37. The van der Waals surface area contributed by atoms with E-state index in [-0.39, 0.29) is 0 Å². The van der Waals surface area contributed by atoms with E-state index in [1.807, 2.05) is 39.1 Å². The minimum Gasteiger partial charge on any atom is -0.455 e. The van der Waals surface area contributed by atoms with Crippen molar-refractivity contribution < 1.29 is 23.7 Å². The Balaban J connectivity index is 3.01. The third kappa shape index (κ3) is 6.04. The molecule has 0 aliphatic carbocycles. The summed E-state index contributed by atoms with van der Waals surface area (Å²) in [5.74, 6) is -0.597. The first kappa shape index (κ1) is 20.4. The number of hydrogen-bond donors (Lipinski definition) is 0. The van der Waals surface area contributed by atoms with Crippen LogP contribution >= 0.6 is 11.3 Å². The third-order valence-corrected chi connectivity index (χ3v) is 3.96. The van der Waals surface area contributed by atoms with Gasteiger partial charge in [0.2, 0.25) is 0 Å². The fourth-order valence-corrected chi connectivity index (χ4v) is 2.71. The molecule has 0 aliphatic heterocycles. The minimum atomic E-state index is -1.36. The van der Waals surface area contributed by atoms with Crippen LogP contribution < -0.4 is 4.74 Å². The van der Waals surface area contributed by atoms with E-state index in [0.717, 1.165) is 23.5 Å². The zero-order chi connectivity index (χ0) is 17.1. The van der Waals surface area contributed by atoms with Crippen molar-refractivity contribution in [3.63, 3.8) is 0 Å². The quantitative estimate of drug-likeness (QED) is 0.393. The van der Waals surface area contributed by atoms with E-state index in [4.69, 9.17) is 23.7 Å². The molecule has 1 atom stereocenters. The topological polar surface area (TPSA) is 46.2 Å². The number of hydrogen-bond acceptors (Lipinski definition) is 6. The number of unbranched alkanes of at least 4 members (excludes halogenated alkanes) is 1. The standard InChI is InChI=1S/C17H30O5S/c1-6-10-12-18-16(22-15-11-13-23-14(15)5)17(19-7-2,20-8-3)21-9-4/h11,13,16H,6-10,12H2,1-5H3. The summed E-state index contributed by atoms with van der Waals surface area (Å²) >= 11 is 1.62. The van der Waals surface area contributed by atoms with Gasteiger partial charge in [0.15, 0.2) is 0 Å². The monoisotopic (exact) mass is 346 g/mol. The van der Waals surface area contributed by atoms with Crippen molar-refractivity contribution in [1.29, 1.82) is 0 Å². The molecule has 1 heterocycles. The van der Waals surface area contributed by atoms with Gasteiger partial charge in [0.25, 0.3) is 6.29 Å². The molecule has 1 aromatic rings.